The van der Waals surface area contributed by atoms with E-state index in [1.165, 1.54) is 25.7 Å². The van der Waals surface area contributed by atoms with Crippen molar-refractivity contribution in [3.8, 4) is 0 Å². The van der Waals surface area contributed by atoms with Gasteiger partial charge in [0.15, 0.2) is 0 Å². The molecule has 0 aromatic carbocycles. The van der Waals surface area contributed by atoms with Crippen molar-refractivity contribution in [3.63, 3.8) is 0 Å². The molecule has 0 aliphatic heterocycles. The first-order valence-electron chi connectivity index (χ1n) is 9.64. The normalized spacial score (nSPS) is 15.0. The average Bonchev–Trinajstić information content (AvgIpc) is 2.60. The fourth-order valence-corrected chi connectivity index (χ4v) is 2.46. The highest BCUT2D eigenvalue weighted by Crippen LogP contribution is 2.11. The topological polar surface area (TPSA) is 60.7 Å². The van der Waals surface area contributed by atoms with Crippen molar-refractivity contribution < 1.29 is 15.3 Å². The molecule has 3 heteroatoms. The van der Waals surface area contributed by atoms with Gasteiger partial charge in [-0.1, -0.05) is 75.5 Å². The molecular formula is C21H38O3. The van der Waals surface area contributed by atoms with E-state index in [4.69, 9.17) is 5.11 Å². The summed E-state index contributed by atoms with van der Waals surface area (Å²) in [4.78, 5) is 0. The van der Waals surface area contributed by atoms with Crippen LogP contribution in [0.15, 0.2) is 36.5 Å². The number of aliphatic hydroxyl groups is 3. The quantitative estimate of drug-likeness (QED) is 0.283. The van der Waals surface area contributed by atoms with Crippen LogP contribution < -0.4 is 0 Å². The van der Waals surface area contributed by atoms with Gasteiger partial charge in [0.1, 0.15) is 6.10 Å². The summed E-state index contributed by atoms with van der Waals surface area (Å²) in [6.45, 7) is 1.79. The van der Waals surface area contributed by atoms with Gasteiger partial charge >= 0.3 is 0 Å². The lowest BCUT2D eigenvalue weighted by atomic mass is 10.0. The Labute approximate surface area is 148 Å². The zero-order chi connectivity index (χ0) is 17.9. The molecule has 0 amide bonds. The molecule has 24 heavy (non-hydrogen) atoms. The van der Waals surface area contributed by atoms with Gasteiger partial charge in [-0.25, -0.2) is 0 Å². The molecule has 0 saturated carbocycles. The van der Waals surface area contributed by atoms with Gasteiger partial charge < -0.3 is 15.3 Å². The average molecular weight is 339 g/mol. The molecule has 2 unspecified atom stereocenters. The Balaban J connectivity index is 3.30. The molecule has 3 nitrogen and oxygen atoms in total. The van der Waals surface area contributed by atoms with E-state index in [1.807, 2.05) is 0 Å². The number of aliphatic hydroxyl groups excluding tert-OH is 3. The molecular weight excluding hydrogens is 300 g/mol. The van der Waals surface area contributed by atoms with Crippen molar-refractivity contribution in [2.45, 2.75) is 89.8 Å². The number of allylic oxidation sites excluding steroid dienone is 6. The standard InChI is InChI=1S/C21H38O3/c1-2-3-4-5-6-7-8-9-10-11-12-13-14-15-16-17-18-20(23)21(24)19-22/h3-4,6-7,9-10,20-24H,2,5,8,11-19H2,1H3/b4-3-,7-6-,10-9-. The lowest BCUT2D eigenvalue weighted by molar-refractivity contribution is -0.0185. The molecule has 0 aromatic heterocycles. The zero-order valence-corrected chi connectivity index (χ0v) is 15.4. The van der Waals surface area contributed by atoms with Gasteiger partial charge in [-0.3, -0.25) is 0 Å². The summed E-state index contributed by atoms with van der Waals surface area (Å²) in [5.74, 6) is 0. The van der Waals surface area contributed by atoms with E-state index < -0.39 is 12.2 Å². The Bertz CT molecular complexity index is 334. The predicted molar refractivity (Wildman–Crippen MR) is 103 cm³/mol. The molecule has 0 bridgehead atoms. The fraction of sp³-hybridized carbons (Fsp3) is 0.714. The second-order valence-electron chi connectivity index (χ2n) is 6.31. The van der Waals surface area contributed by atoms with Crippen molar-refractivity contribution in [3.05, 3.63) is 36.5 Å². The van der Waals surface area contributed by atoms with E-state index in [9.17, 15) is 10.2 Å². The maximum absolute atomic E-state index is 9.51. The van der Waals surface area contributed by atoms with E-state index >= 15 is 0 Å². The second-order valence-corrected chi connectivity index (χ2v) is 6.31. The summed E-state index contributed by atoms with van der Waals surface area (Å²) in [6.07, 6.45) is 23.4. The van der Waals surface area contributed by atoms with Crippen LogP contribution in [0.4, 0.5) is 0 Å². The Hall–Kier alpha value is -0.900. The Kier molecular flexibility index (Phi) is 17.7. The number of rotatable bonds is 16. The first kappa shape index (κ1) is 23.1. The van der Waals surface area contributed by atoms with E-state index in [1.54, 1.807) is 0 Å². The van der Waals surface area contributed by atoms with Crippen LogP contribution in [-0.4, -0.2) is 34.1 Å². The van der Waals surface area contributed by atoms with Crippen molar-refractivity contribution in [2.75, 3.05) is 6.61 Å². The lowest BCUT2D eigenvalue weighted by Crippen LogP contribution is -2.28. The van der Waals surface area contributed by atoms with Gasteiger partial charge in [-0.15, -0.1) is 0 Å². The van der Waals surface area contributed by atoms with Gasteiger partial charge in [0.2, 0.25) is 0 Å². The van der Waals surface area contributed by atoms with Crippen LogP contribution in [0.5, 0.6) is 0 Å². The van der Waals surface area contributed by atoms with E-state index in [0.717, 1.165) is 38.5 Å². The van der Waals surface area contributed by atoms with E-state index in [-0.39, 0.29) is 6.61 Å². The van der Waals surface area contributed by atoms with Gasteiger partial charge in [-0.05, 0) is 38.5 Å². The SMILES string of the molecule is CC/C=C\C/C=C\C/C=C\CCCCCCCCC(O)C(O)CO. The van der Waals surface area contributed by atoms with Gasteiger partial charge in [0.05, 0.1) is 12.7 Å². The summed E-state index contributed by atoms with van der Waals surface area (Å²) in [5.41, 5.74) is 0. The molecule has 0 aliphatic carbocycles. The molecule has 0 aromatic rings. The molecule has 0 aliphatic rings. The first-order valence-corrected chi connectivity index (χ1v) is 9.64. The maximum Gasteiger partial charge on any atom is 0.103 e. The van der Waals surface area contributed by atoms with Gasteiger partial charge in [0, 0.05) is 0 Å². The molecule has 0 spiro atoms. The van der Waals surface area contributed by atoms with Crippen LogP contribution in [0.25, 0.3) is 0 Å². The lowest BCUT2D eigenvalue weighted by Gasteiger charge is -2.14. The number of hydrogen-bond acceptors (Lipinski definition) is 3. The van der Waals surface area contributed by atoms with E-state index in [2.05, 4.69) is 43.4 Å². The fourth-order valence-electron chi connectivity index (χ4n) is 2.46. The van der Waals surface area contributed by atoms with Crippen LogP contribution >= 0.6 is 0 Å². The van der Waals surface area contributed by atoms with Gasteiger partial charge in [-0.2, -0.15) is 0 Å². The van der Waals surface area contributed by atoms with Crippen LogP contribution in [0.3, 0.4) is 0 Å². The van der Waals surface area contributed by atoms with Crippen molar-refractivity contribution in [2.24, 2.45) is 0 Å². The Morgan fingerprint density at radius 3 is 1.83 bits per heavy atom. The zero-order valence-electron chi connectivity index (χ0n) is 15.4. The maximum atomic E-state index is 9.51. The number of hydrogen-bond donors (Lipinski definition) is 3. The largest absolute Gasteiger partial charge is 0.394 e. The second kappa shape index (κ2) is 18.4. The Morgan fingerprint density at radius 1 is 0.667 bits per heavy atom. The van der Waals surface area contributed by atoms with Gasteiger partial charge in [0.25, 0.3) is 0 Å². The summed E-state index contributed by atoms with van der Waals surface area (Å²) in [6, 6.07) is 0. The summed E-state index contributed by atoms with van der Waals surface area (Å²) in [7, 11) is 0. The highest BCUT2D eigenvalue weighted by Gasteiger charge is 2.13. The minimum Gasteiger partial charge on any atom is -0.394 e. The third-order valence-electron chi connectivity index (χ3n) is 4.03. The third kappa shape index (κ3) is 16.0. The molecule has 0 fully saturated rings. The summed E-state index contributed by atoms with van der Waals surface area (Å²) >= 11 is 0. The monoisotopic (exact) mass is 338 g/mol. The Morgan fingerprint density at radius 2 is 1.21 bits per heavy atom. The van der Waals surface area contributed by atoms with E-state index in [0.29, 0.717) is 6.42 Å². The smallest absolute Gasteiger partial charge is 0.103 e. The van der Waals surface area contributed by atoms with Crippen LogP contribution in [0.2, 0.25) is 0 Å². The predicted octanol–water partition coefficient (Wildman–Crippen LogP) is 4.68. The van der Waals surface area contributed by atoms with Crippen molar-refractivity contribution >= 4 is 0 Å². The molecule has 140 valence electrons. The molecule has 0 heterocycles. The minimum absolute atomic E-state index is 0.361. The highest BCUT2D eigenvalue weighted by molar-refractivity contribution is 4.96. The van der Waals surface area contributed by atoms with Crippen molar-refractivity contribution in [1.29, 1.82) is 0 Å². The first-order chi connectivity index (χ1) is 11.7. The molecule has 3 N–H and O–H groups in total. The third-order valence-corrected chi connectivity index (χ3v) is 4.03. The minimum atomic E-state index is -0.987. The molecule has 0 saturated heterocycles. The summed E-state index contributed by atoms with van der Waals surface area (Å²) in [5, 5.41) is 27.5. The highest BCUT2D eigenvalue weighted by atomic mass is 16.4. The molecule has 0 rings (SSSR count). The summed E-state index contributed by atoms with van der Waals surface area (Å²) < 4.78 is 0. The van der Waals surface area contributed by atoms with Crippen LogP contribution in [0, 0.1) is 0 Å². The number of unbranched alkanes of at least 4 members (excludes halogenated alkanes) is 6. The van der Waals surface area contributed by atoms with Crippen LogP contribution in [-0.2, 0) is 0 Å². The molecule has 0 radical (unpaired) electrons. The van der Waals surface area contributed by atoms with Crippen molar-refractivity contribution in [1.82, 2.24) is 0 Å². The van der Waals surface area contributed by atoms with Crippen LogP contribution in [0.1, 0.15) is 77.6 Å². The molecule has 2 atom stereocenters.